The molecule has 21 heavy (non-hydrogen) atoms. The number of anilines is 1. The molecule has 1 heterocycles. The molecule has 0 atom stereocenters. The average molecular weight is 361 g/mol. The van der Waals surface area contributed by atoms with Crippen LogP contribution < -0.4 is 10.9 Å². The second-order valence-electron chi connectivity index (χ2n) is 4.91. The molecule has 0 aliphatic rings. The van der Waals surface area contributed by atoms with E-state index in [1.807, 2.05) is 7.05 Å². The maximum Gasteiger partial charge on any atom is 0.327 e. The highest BCUT2D eigenvalue weighted by Gasteiger charge is 2.12. The predicted molar refractivity (Wildman–Crippen MR) is 84.5 cm³/mol. The first kappa shape index (κ1) is 17.6. The van der Waals surface area contributed by atoms with E-state index in [4.69, 9.17) is 0 Å². The highest BCUT2D eigenvalue weighted by Crippen LogP contribution is 2.15. The summed E-state index contributed by atoms with van der Waals surface area (Å²) in [5.41, 5.74) is 0.237. The number of halogens is 1. The van der Waals surface area contributed by atoms with E-state index in [1.54, 1.807) is 0 Å². The third-order valence-electron chi connectivity index (χ3n) is 3.15. The molecule has 0 aromatic carbocycles. The van der Waals surface area contributed by atoms with E-state index in [1.165, 1.54) is 13.3 Å². The molecule has 7 nitrogen and oxygen atoms in total. The maximum absolute atomic E-state index is 12.0. The van der Waals surface area contributed by atoms with Gasteiger partial charge in [0, 0.05) is 19.1 Å². The summed E-state index contributed by atoms with van der Waals surface area (Å²) >= 11 is 3.24. The molecule has 0 aliphatic heterocycles. The lowest BCUT2D eigenvalue weighted by Gasteiger charge is -2.21. The van der Waals surface area contributed by atoms with E-state index in [9.17, 15) is 9.59 Å². The van der Waals surface area contributed by atoms with Crippen molar-refractivity contribution >= 4 is 27.6 Å². The molecule has 0 spiro atoms. The maximum atomic E-state index is 12.0. The number of hydrogen-bond acceptors (Lipinski definition) is 6. The molecule has 8 heteroatoms. The molecular formula is C13H21BrN4O3. The number of hydrogen-bond donors (Lipinski definition) is 1. The highest BCUT2D eigenvalue weighted by atomic mass is 79.9. The van der Waals surface area contributed by atoms with Crippen LogP contribution in [-0.4, -0.2) is 53.9 Å². The molecule has 1 N–H and O–H groups in total. The number of rotatable bonds is 7. The zero-order valence-electron chi connectivity index (χ0n) is 12.7. The van der Waals surface area contributed by atoms with Crippen molar-refractivity contribution in [2.45, 2.75) is 26.4 Å². The van der Waals surface area contributed by atoms with Crippen molar-refractivity contribution in [1.29, 1.82) is 0 Å². The molecule has 0 amide bonds. The van der Waals surface area contributed by atoms with Gasteiger partial charge in [-0.15, -0.1) is 0 Å². The minimum absolute atomic E-state index is 0.204. The molecule has 0 radical (unpaired) electrons. The van der Waals surface area contributed by atoms with E-state index in [2.05, 4.69) is 49.8 Å². The number of carbonyl (C=O) groups is 1. The number of ether oxygens (including phenoxy) is 1. The van der Waals surface area contributed by atoms with Gasteiger partial charge in [0.25, 0.3) is 5.56 Å². The van der Waals surface area contributed by atoms with Gasteiger partial charge >= 0.3 is 5.97 Å². The Morgan fingerprint density at radius 3 is 2.81 bits per heavy atom. The van der Waals surface area contributed by atoms with Gasteiger partial charge in [0.05, 0.1) is 19.0 Å². The van der Waals surface area contributed by atoms with Crippen molar-refractivity contribution < 1.29 is 9.53 Å². The first-order valence-corrected chi connectivity index (χ1v) is 7.42. The number of carbonyl (C=O) groups excluding carboxylic acids is 1. The Bertz CT molecular complexity index is 545. The van der Waals surface area contributed by atoms with Crippen molar-refractivity contribution in [3.8, 4) is 0 Å². The van der Waals surface area contributed by atoms with Crippen molar-refractivity contribution in [3.63, 3.8) is 0 Å². The van der Waals surface area contributed by atoms with Crippen LogP contribution in [0.25, 0.3) is 0 Å². The van der Waals surface area contributed by atoms with Gasteiger partial charge in [0.15, 0.2) is 0 Å². The fraction of sp³-hybridized carbons (Fsp3) is 0.615. The molecule has 0 bridgehead atoms. The molecule has 1 rings (SSSR count). The van der Waals surface area contributed by atoms with Gasteiger partial charge in [-0.25, -0.2) is 4.68 Å². The molecule has 1 aromatic rings. The van der Waals surface area contributed by atoms with E-state index < -0.39 is 5.97 Å². The fourth-order valence-electron chi connectivity index (χ4n) is 1.51. The number of esters is 1. The standard InChI is InChI=1S/C13H21BrN4O3/c1-9(2)17(3)6-5-15-10-7-16-18(8-11(19)21-4)13(20)12(10)14/h7,9,15H,5-6,8H2,1-4H3. The number of nitrogens with one attached hydrogen (secondary N) is 1. The molecule has 0 saturated heterocycles. The predicted octanol–water partition coefficient (Wildman–Crippen LogP) is 0.931. The third-order valence-corrected chi connectivity index (χ3v) is 3.92. The van der Waals surface area contributed by atoms with Crippen LogP contribution in [0.15, 0.2) is 15.5 Å². The Hall–Kier alpha value is -1.41. The summed E-state index contributed by atoms with van der Waals surface area (Å²) < 4.78 is 5.93. The van der Waals surface area contributed by atoms with Crippen molar-refractivity contribution in [3.05, 3.63) is 21.0 Å². The first-order valence-electron chi connectivity index (χ1n) is 6.63. The summed E-state index contributed by atoms with van der Waals surface area (Å²) in [7, 11) is 3.30. The van der Waals surface area contributed by atoms with Gasteiger partial charge in [0.2, 0.25) is 0 Å². The van der Waals surface area contributed by atoms with Crippen LogP contribution in [0.1, 0.15) is 13.8 Å². The van der Waals surface area contributed by atoms with Gasteiger partial charge in [-0.2, -0.15) is 5.10 Å². The Kier molecular flexibility index (Phi) is 6.83. The number of methoxy groups -OCH3 is 1. The fourth-order valence-corrected chi connectivity index (χ4v) is 1.96. The smallest absolute Gasteiger partial charge is 0.327 e. The van der Waals surface area contributed by atoms with E-state index in [-0.39, 0.29) is 12.1 Å². The lowest BCUT2D eigenvalue weighted by atomic mass is 10.3. The van der Waals surface area contributed by atoms with Crippen LogP contribution >= 0.6 is 15.9 Å². The topological polar surface area (TPSA) is 76.5 Å². The van der Waals surface area contributed by atoms with Crippen molar-refractivity contribution in [2.75, 3.05) is 32.6 Å². The first-order chi connectivity index (χ1) is 9.86. The summed E-state index contributed by atoms with van der Waals surface area (Å²) in [5.74, 6) is -0.518. The summed E-state index contributed by atoms with van der Waals surface area (Å²) in [6.07, 6.45) is 1.52. The minimum Gasteiger partial charge on any atom is -0.468 e. The molecule has 0 saturated carbocycles. The lowest BCUT2D eigenvalue weighted by molar-refractivity contribution is -0.141. The van der Waals surface area contributed by atoms with Gasteiger partial charge < -0.3 is 15.0 Å². The van der Waals surface area contributed by atoms with E-state index >= 15 is 0 Å². The molecule has 118 valence electrons. The quantitative estimate of drug-likeness (QED) is 0.729. The summed E-state index contributed by atoms with van der Waals surface area (Å²) in [5, 5.41) is 7.11. The zero-order valence-corrected chi connectivity index (χ0v) is 14.3. The minimum atomic E-state index is -0.518. The van der Waals surface area contributed by atoms with Gasteiger partial charge in [-0.3, -0.25) is 9.59 Å². The van der Waals surface area contributed by atoms with E-state index in [0.29, 0.717) is 22.7 Å². The second-order valence-corrected chi connectivity index (χ2v) is 5.71. The van der Waals surface area contributed by atoms with Crippen molar-refractivity contribution in [1.82, 2.24) is 14.7 Å². The van der Waals surface area contributed by atoms with Crippen LogP contribution in [0.5, 0.6) is 0 Å². The molecule has 0 unspecified atom stereocenters. The molecule has 0 fully saturated rings. The van der Waals surface area contributed by atoms with Crippen LogP contribution in [0.2, 0.25) is 0 Å². The number of likely N-dealkylation sites (N-methyl/N-ethyl adjacent to an activating group) is 1. The highest BCUT2D eigenvalue weighted by molar-refractivity contribution is 9.10. The Labute approximate surface area is 132 Å². The largest absolute Gasteiger partial charge is 0.468 e. The summed E-state index contributed by atoms with van der Waals surface area (Å²) in [6, 6.07) is 0.460. The normalized spacial score (nSPS) is 11.0. The van der Waals surface area contributed by atoms with Gasteiger partial charge in [-0.1, -0.05) is 0 Å². The van der Waals surface area contributed by atoms with Crippen LogP contribution in [0.4, 0.5) is 5.69 Å². The molecular weight excluding hydrogens is 340 g/mol. The Balaban J connectivity index is 2.71. The van der Waals surface area contributed by atoms with Gasteiger partial charge in [-0.05, 0) is 36.8 Å². The summed E-state index contributed by atoms with van der Waals surface area (Å²) in [4.78, 5) is 25.4. The summed E-state index contributed by atoms with van der Waals surface area (Å²) in [6.45, 7) is 5.56. The van der Waals surface area contributed by atoms with Gasteiger partial charge in [0.1, 0.15) is 11.0 Å². The number of aromatic nitrogens is 2. The van der Waals surface area contributed by atoms with Crippen LogP contribution in [0, 0.1) is 0 Å². The molecule has 0 aliphatic carbocycles. The van der Waals surface area contributed by atoms with Crippen LogP contribution in [-0.2, 0) is 16.1 Å². The second kappa shape index (κ2) is 8.14. The zero-order chi connectivity index (χ0) is 16.0. The third kappa shape index (κ3) is 5.13. The Morgan fingerprint density at radius 2 is 2.24 bits per heavy atom. The Morgan fingerprint density at radius 1 is 1.57 bits per heavy atom. The van der Waals surface area contributed by atoms with Crippen LogP contribution in [0.3, 0.4) is 0 Å². The molecule has 1 aromatic heterocycles. The monoisotopic (exact) mass is 360 g/mol. The van der Waals surface area contributed by atoms with E-state index in [0.717, 1.165) is 11.2 Å². The SMILES string of the molecule is COC(=O)Cn1ncc(NCCN(C)C(C)C)c(Br)c1=O. The average Bonchev–Trinajstić information content (AvgIpc) is 2.45. The number of nitrogens with zero attached hydrogens (tertiary/aromatic N) is 3. The lowest BCUT2D eigenvalue weighted by Crippen LogP contribution is -2.32. The van der Waals surface area contributed by atoms with Crippen molar-refractivity contribution in [2.24, 2.45) is 0 Å².